The highest BCUT2D eigenvalue weighted by atomic mass is 32.1. The quantitative estimate of drug-likeness (QED) is 0.489. The third-order valence-electron chi connectivity index (χ3n) is 5.24. The second kappa shape index (κ2) is 10.4. The summed E-state index contributed by atoms with van der Waals surface area (Å²) in [6.07, 6.45) is 5.76. The molecule has 160 valence electrons. The first-order valence-corrected chi connectivity index (χ1v) is 11.3. The van der Waals surface area contributed by atoms with Gasteiger partial charge in [0.2, 0.25) is 5.91 Å². The van der Waals surface area contributed by atoms with Crippen LogP contribution in [-0.4, -0.2) is 23.8 Å². The van der Waals surface area contributed by atoms with Gasteiger partial charge < -0.3 is 5.32 Å². The number of carbonyl (C=O) groups excluding carboxylic acids is 3. The van der Waals surface area contributed by atoms with Crippen molar-refractivity contribution < 1.29 is 14.4 Å². The van der Waals surface area contributed by atoms with Crippen molar-refractivity contribution in [2.75, 3.05) is 0 Å². The number of amides is 3. The van der Waals surface area contributed by atoms with Gasteiger partial charge in [-0.2, -0.15) is 0 Å². The van der Waals surface area contributed by atoms with Crippen LogP contribution in [0.15, 0.2) is 36.4 Å². The fourth-order valence-corrected chi connectivity index (χ4v) is 4.73. The molecule has 1 atom stereocenters. The van der Waals surface area contributed by atoms with E-state index in [1.165, 1.54) is 28.2 Å². The molecule has 0 spiro atoms. The predicted octanol–water partition coefficient (Wildman–Crippen LogP) is 3.16. The number of nitrogens with one attached hydrogen (secondary N) is 3. The van der Waals surface area contributed by atoms with Crippen molar-refractivity contribution in [1.82, 2.24) is 16.2 Å². The van der Waals surface area contributed by atoms with E-state index in [0.717, 1.165) is 31.2 Å². The van der Waals surface area contributed by atoms with Crippen LogP contribution in [0.25, 0.3) is 0 Å². The van der Waals surface area contributed by atoms with E-state index in [-0.39, 0.29) is 24.2 Å². The molecule has 3 amide bonds. The maximum absolute atomic E-state index is 12.6. The maximum atomic E-state index is 12.6. The summed E-state index contributed by atoms with van der Waals surface area (Å²) >= 11 is 1.50. The number of aryl methyl sites for hydroxylation is 2. The van der Waals surface area contributed by atoms with E-state index < -0.39 is 11.9 Å². The Hall–Kier alpha value is -2.67. The van der Waals surface area contributed by atoms with Crippen molar-refractivity contribution in [2.24, 2.45) is 5.92 Å². The van der Waals surface area contributed by atoms with Crippen LogP contribution in [0.2, 0.25) is 0 Å². The highest BCUT2D eigenvalue weighted by molar-refractivity contribution is 7.14. The van der Waals surface area contributed by atoms with Crippen molar-refractivity contribution >= 4 is 29.1 Å². The smallest absolute Gasteiger partial charge is 0.279 e. The van der Waals surface area contributed by atoms with E-state index >= 15 is 0 Å². The fourth-order valence-electron chi connectivity index (χ4n) is 3.58. The number of benzene rings is 1. The Morgan fingerprint density at radius 3 is 2.47 bits per heavy atom. The Morgan fingerprint density at radius 2 is 1.73 bits per heavy atom. The Labute approximate surface area is 181 Å². The van der Waals surface area contributed by atoms with Gasteiger partial charge in [0, 0.05) is 4.88 Å². The minimum Gasteiger partial charge on any atom is -0.344 e. The lowest BCUT2D eigenvalue weighted by Gasteiger charge is -2.21. The van der Waals surface area contributed by atoms with E-state index in [1.54, 1.807) is 0 Å². The largest absolute Gasteiger partial charge is 0.344 e. The van der Waals surface area contributed by atoms with Crippen molar-refractivity contribution in [1.29, 1.82) is 0 Å². The lowest BCUT2D eigenvalue weighted by atomic mass is 10.0. The second-order valence-corrected chi connectivity index (χ2v) is 9.15. The zero-order valence-electron chi connectivity index (χ0n) is 17.5. The number of carbonyl (C=O) groups is 3. The van der Waals surface area contributed by atoms with Crippen molar-refractivity contribution in [3.05, 3.63) is 57.3 Å². The minimum atomic E-state index is -0.735. The maximum Gasteiger partial charge on any atom is 0.279 e. The van der Waals surface area contributed by atoms with Crippen LogP contribution in [0.4, 0.5) is 0 Å². The first-order chi connectivity index (χ1) is 14.4. The molecule has 2 aromatic rings. The summed E-state index contributed by atoms with van der Waals surface area (Å²) in [4.78, 5) is 39.4. The van der Waals surface area contributed by atoms with Crippen LogP contribution in [0.3, 0.4) is 0 Å². The van der Waals surface area contributed by atoms with Crippen molar-refractivity contribution in [2.45, 2.75) is 58.4 Å². The molecule has 0 unspecified atom stereocenters. The molecule has 3 N–H and O–H groups in total. The summed E-state index contributed by atoms with van der Waals surface area (Å²) in [5, 5.41) is 2.78. The fraction of sp³-hybridized carbons (Fsp3) is 0.435. The molecule has 1 heterocycles. The third kappa shape index (κ3) is 5.92. The summed E-state index contributed by atoms with van der Waals surface area (Å²) in [6, 6.07) is 10.6. The lowest BCUT2D eigenvalue weighted by Crippen LogP contribution is -2.54. The molecular formula is C23H29N3O3S. The van der Waals surface area contributed by atoms with Gasteiger partial charge in [-0.25, -0.2) is 0 Å². The van der Waals surface area contributed by atoms with Gasteiger partial charge in [-0.3, -0.25) is 25.2 Å². The highest BCUT2D eigenvalue weighted by Crippen LogP contribution is 2.28. The normalized spacial score (nSPS) is 14.4. The molecule has 0 saturated carbocycles. The van der Waals surface area contributed by atoms with Gasteiger partial charge >= 0.3 is 0 Å². The molecule has 0 fully saturated rings. The number of rotatable bonds is 6. The highest BCUT2D eigenvalue weighted by Gasteiger charge is 2.25. The zero-order valence-corrected chi connectivity index (χ0v) is 18.3. The van der Waals surface area contributed by atoms with Crippen LogP contribution in [0.5, 0.6) is 0 Å². The van der Waals surface area contributed by atoms with Gasteiger partial charge in [0.25, 0.3) is 11.8 Å². The molecule has 0 radical (unpaired) electrons. The number of hydrogen-bond acceptors (Lipinski definition) is 4. The Morgan fingerprint density at radius 1 is 1.00 bits per heavy atom. The summed E-state index contributed by atoms with van der Waals surface area (Å²) in [5.74, 6) is -1.11. The van der Waals surface area contributed by atoms with Crippen LogP contribution in [0.1, 0.15) is 58.8 Å². The van der Waals surface area contributed by atoms with Gasteiger partial charge in [-0.05, 0) is 48.8 Å². The van der Waals surface area contributed by atoms with E-state index in [1.807, 2.05) is 50.2 Å². The molecule has 0 aliphatic heterocycles. The van der Waals surface area contributed by atoms with Gasteiger partial charge in [0.1, 0.15) is 6.04 Å². The molecule has 0 bridgehead atoms. The van der Waals surface area contributed by atoms with Gasteiger partial charge in [0.05, 0.1) is 11.3 Å². The van der Waals surface area contributed by atoms with Crippen molar-refractivity contribution in [3.63, 3.8) is 0 Å². The van der Waals surface area contributed by atoms with Gasteiger partial charge in [-0.1, -0.05) is 50.6 Å². The SMILES string of the molecule is CC(C)[C@H](NC(=O)Cc1ccccc1)C(=O)NNC(=O)c1cc2c(s1)CCCCC2. The molecule has 3 rings (SSSR count). The molecule has 6 nitrogen and oxygen atoms in total. The average Bonchev–Trinajstić information content (AvgIpc) is 3.01. The van der Waals surface area contributed by atoms with E-state index in [4.69, 9.17) is 0 Å². The standard InChI is InChI=1S/C23H29N3O3S/c1-15(2)21(24-20(27)13-16-9-5-3-6-10-16)23(29)26-25-22(28)19-14-17-11-7-4-8-12-18(17)30-19/h3,5-6,9-10,14-15,21H,4,7-8,11-13H2,1-2H3,(H,24,27)(H,25,28)(H,26,29)/t21-/m0/s1. The molecule has 0 saturated heterocycles. The topological polar surface area (TPSA) is 87.3 Å². The summed E-state index contributed by atoms with van der Waals surface area (Å²) in [7, 11) is 0. The number of hydrazine groups is 1. The van der Waals surface area contributed by atoms with Gasteiger partial charge in [0.15, 0.2) is 0 Å². The number of hydrogen-bond donors (Lipinski definition) is 3. The molecule has 1 aliphatic rings. The summed E-state index contributed by atoms with van der Waals surface area (Å²) in [5.41, 5.74) is 7.11. The lowest BCUT2D eigenvalue weighted by molar-refractivity contribution is -0.130. The Bertz CT molecular complexity index is 869. The van der Waals surface area contributed by atoms with Crippen molar-refractivity contribution in [3.8, 4) is 0 Å². The third-order valence-corrected chi connectivity index (χ3v) is 6.48. The van der Waals surface area contributed by atoms with Gasteiger partial charge in [-0.15, -0.1) is 11.3 Å². The number of fused-ring (bicyclic) bond motifs is 1. The monoisotopic (exact) mass is 427 g/mol. The molecule has 1 aromatic carbocycles. The first-order valence-electron chi connectivity index (χ1n) is 10.5. The zero-order chi connectivity index (χ0) is 21.5. The van der Waals surface area contributed by atoms with E-state index in [9.17, 15) is 14.4 Å². The van der Waals surface area contributed by atoms with E-state index in [2.05, 4.69) is 16.2 Å². The first kappa shape index (κ1) is 22.0. The van der Waals surface area contributed by atoms with Crippen LogP contribution < -0.4 is 16.2 Å². The predicted molar refractivity (Wildman–Crippen MR) is 118 cm³/mol. The minimum absolute atomic E-state index is 0.126. The molecule has 1 aromatic heterocycles. The van der Waals surface area contributed by atoms with Crippen LogP contribution in [-0.2, 0) is 28.9 Å². The Kier molecular flexibility index (Phi) is 7.63. The summed E-state index contributed by atoms with van der Waals surface area (Å²) < 4.78 is 0. The molecule has 30 heavy (non-hydrogen) atoms. The molecule has 7 heteroatoms. The van der Waals surface area contributed by atoms with Crippen LogP contribution >= 0.6 is 11.3 Å². The second-order valence-electron chi connectivity index (χ2n) is 8.01. The Balaban J connectivity index is 1.54. The summed E-state index contributed by atoms with van der Waals surface area (Å²) in [6.45, 7) is 3.70. The molecular weight excluding hydrogens is 398 g/mol. The average molecular weight is 428 g/mol. The van der Waals surface area contributed by atoms with E-state index in [0.29, 0.717) is 4.88 Å². The van der Waals surface area contributed by atoms with Crippen LogP contribution in [0, 0.1) is 5.92 Å². The number of thiophene rings is 1. The molecule has 1 aliphatic carbocycles.